The molecule has 120 valence electrons. The van der Waals surface area contributed by atoms with Crippen LogP contribution in [-0.4, -0.2) is 18.9 Å². The number of carbonyl (C=O) groups is 2. The largest absolute Gasteiger partial charge is 0.359 e. The van der Waals surface area contributed by atoms with Crippen molar-refractivity contribution >= 4 is 40.7 Å². The van der Waals surface area contributed by atoms with Crippen molar-refractivity contribution in [3.63, 3.8) is 0 Å². The van der Waals surface area contributed by atoms with Crippen LogP contribution in [0.4, 0.5) is 5.69 Å². The van der Waals surface area contributed by atoms with Crippen molar-refractivity contribution in [3.05, 3.63) is 63.6 Å². The second kappa shape index (κ2) is 7.99. The second-order valence-corrected chi connectivity index (χ2v) is 5.79. The Labute approximate surface area is 144 Å². The average molecular weight is 351 g/mol. The molecule has 0 atom stereocenters. The Morgan fingerprint density at radius 2 is 1.52 bits per heavy atom. The summed E-state index contributed by atoms with van der Waals surface area (Å²) in [5, 5.41) is 6.28. The molecule has 0 bridgehead atoms. The van der Waals surface area contributed by atoms with Gasteiger partial charge in [0.2, 0.25) is 11.8 Å². The van der Waals surface area contributed by atoms with E-state index in [1.807, 2.05) is 0 Å². The van der Waals surface area contributed by atoms with Crippen molar-refractivity contribution in [1.29, 1.82) is 0 Å². The number of amides is 2. The molecule has 2 amide bonds. The SMILES string of the molecule is CNC(=O)Cc1ccc(NC(=O)Cc2c(Cl)cccc2Cl)cc1. The predicted octanol–water partition coefficient (Wildman–Crippen LogP) is 3.46. The molecule has 0 spiro atoms. The van der Waals surface area contributed by atoms with Gasteiger partial charge in [-0.2, -0.15) is 0 Å². The maximum Gasteiger partial charge on any atom is 0.228 e. The van der Waals surface area contributed by atoms with Gasteiger partial charge in [0.25, 0.3) is 0 Å². The molecule has 2 aromatic rings. The number of hydrogen-bond donors (Lipinski definition) is 2. The molecule has 0 fully saturated rings. The standard InChI is InChI=1S/C17H16Cl2N2O2/c1-20-16(22)9-11-5-7-12(8-6-11)21-17(23)10-13-14(18)3-2-4-15(13)19/h2-8H,9-10H2,1H3,(H,20,22)(H,21,23). The van der Waals surface area contributed by atoms with Gasteiger partial charge in [-0.1, -0.05) is 41.4 Å². The quantitative estimate of drug-likeness (QED) is 0.867. The molecule has 0 aliphatic heterocycles. The zero-order valence-electron chi connectivity index (χ0n) is 12.5. The van der Waals surface area contributed by atoms with E-state index in [-0.39, 0.29) is 18.2 Å². The molecule has 2 N–H and O–H groups in total. The van der Waals surface area contributed by atoms with Gasteiger partial charge in [0.05, 0.1) is 12.8 Å². The first-order valence-electron chi connectivity index (χ1n) is 7.02. The van der Waals surface area contributed by atoms with Crippen LogP contribution in [0, 0.1) is 0 Å². The highest BCUT2D eigenvalue weighted by atomic mass is 35.5. The van der Waals surface area contributed by atoms with Gasteiger partial charge < -0.3 is 10.6 Å². The Morgan fingerprint density at radius 1 is 0.913 bits per heavy atom. The Bertz CT molecular complexity index is 695. The van der Waals surface area contributed by atoms with Crippen LogP contribution >= 0.6 is 23.2 Å². The number of likely N-dealkylation sites (N-methyl/N-ethyl adjacent to an activating group) is 1. The van der Waals surface area contributed by atoms with E-state index < -0.39 is 0 Å². The highest BCUT2D eigenvalue weighted by Crippen LogP contribution is 2.25. The minimum atomic E-state index is -0.209. The van der Waals surface area contributed by atoms with E-state index in [1.54, 1.807) is 49.5 Å². The van der Waals surface area contributed by atoms with Crippen molar-refractivity contribution in [2.45, 2.75) is 12.8 Å². The zero-order chi connectivity index (χ0) is 16.8. The number of nitrogens with one attached hydrogen (secondary N) is 2. The van der Waals surface area contributed by atoms with E-state index in [9.17, 15) is 9.59 Å². The van der Waals surface area contributed by atoms with Crippen LogP contribution in [0.3, 0.4) is 0 Å². The average Bonchev–Trinajstić information content (AvgIpc) is 2.53. The number of anilines is 1. The summed E-state index contributed by atoms with van der Waals surface area (Å²) < 4.78 is 0. The molecule has 0 radical (unpaired) electrons. The van der Waals surface area contributed by atoms with Gasteiger partial charge in [0, 0.05) is 22.8 Å². The summed E-state index contributed by atoms with van der Waals surface area (Å²) in [6, 6.07) is 12.2. The Kier molecular flexibility index (Phi) is 6.02. The molecule has 0 aromatic heterocycles. The summed E-state index contributed by atoms with van der Waals surface area (Å²) in [7, 11) is 1.59. The van der Waals surface area contributed by atoms with Crippen LogP contribution in [-0.2, 0) is 22.4 Å². The molecule has 6 heteroatoms. The van der Waals surface area contributed by atoms with Gasteiger partial charge >= 0.3 is 0 Å². The monoisotopic (exact) mass is 350 g/mol. The number of rotatable bonds is 5. The fourth-order valence-corrected chi connectivity index (χ4v) is 2.58. The van der Waals surface area contributed by atoms with E-state index in [1.165, 1.54) is 0 Å². The van der Waals surface area contributed by atoms with E-state index in [0.717, 1.165) is 5.56 Å². The Balaban J connectivity index is 1.99. The molecule has 0 aliphatic carbocycles. The van der Waals surface area contributed by atoms with Crippen molar-refractivity contribution < 1.29 is 9.59 Å². The fourth-order valence-electron chi connectivity index (χ4n) is 2.05. The molecule has 0 saturated carbocycles. The number of carbonyl (C=O) groups excluding carboxylic acids is 2. The first kappa shape index (κ1) is 17.3. The maximum atomic E-state index is 12.1. The molecule has 2 rings (SSSR count). The summed E-state index contributed by atoms with van der Waals surface area (Å²) in [5.41, 5.74) is 2.12. The van der Waals surface area contributed by atoms with Crippen LogP contribution in [0.15, 0.2) is 42.5 Å². The summed E-state index contributed by atoms with van der Waals surface area (Å²) >= 11 is 12.1. The molecule has 0 unspecified atom stereocenters. The van der Waals surface area contributed by atoms with Gasteiger partial charge in [0.15, 0.2) is 0 Å². The molecular weight excluding hydrogens is 335 g/mol. The number of halogens is 2. The molecule has 0 aliphatic rings. The third-order valence-electron chi connectivity index (χ3n) is 3.28. The van der Waals surface area contributed by atoms with Gasteiger partial charge in [-0.25, -0.2) is 0 Å². The van der Waals surface area contributed by atoms with E-state index in [2.05, 4.69) is 10.6 Å². The lowest BCUT2D eigenvalue weighted by Crippen LogP contribution is -2.20. The smallest absolute Gasteiger partial charge is 0.228 e. The molecule has 0 saturated heterocycles. The van der Waals surface area contributed by atoms with Crippen LogP contribution in [0.25, 0.3) is 0 Å². The zero-order valence-corrected chi connectivity index (χ0v) is 14.0. The van der Waals surface area contributed by atoms with Crippen molar-refractivity contribution in [2.24, 2.45) is 0 Å². The third kappa shape index (κ3) is 4.98. The van der Waals surface area contributed by atoms with Crippen LogP contribution in [0.2, 0.25) is 10.0 Å². The third-order valence-corrected chi connectivity index (χ3v) is 3.99. The highest BCUT2D eigenvalue weighted by molar-refractivity contribution is 6.36. The first-order chi connectivity index (χ1) is 11.0. The maximum absolute atomic E-state index is 12.1. The van der Waals surface area contributed by atoms with Gasteiger partial charge in [-0.3, -0.25) is 9.59 Å². The van der Waals surface area contributed by atoms with Crippen molar-refractivity contribution in [3.8, 4) is 0 Å². The molecule has 0 heterocycles. The predicted molar refractivity (Wildman–Crippen MR) is 93.0 cm³/mol. The normalized spacial score (nSPS) is 10.2. The van der Waals surface area contributed by atoms with Crippen molar-refractivity contribution in [1.82, 2.24) is 5.32 Å². The number of benzene rings is 2. The topological polar surface area (TPSA) is 58.2 Å². The van der Waals surface area contributed by atoms with E-state index >= 15 is 0 Å². The summed E-state index contributed by atoms with van der Waals surface area (Å²) in [6.07, 6.45) is 0.401. The molecule has 23 heavy (non-hydrogen) atoms. The highest BCUT2D eigenvalue weighted by Gasteiger charge is 2.11. The summed E-state index contributed by atoms with van der Waals surface area (Å²) in [4.78, 5) is 23.4. The van der Waals surface area contributed by atoms with Crippen LogP contribution in [0.5, 0.6) is 0 Å². The van der Waals surface area contributed by atoms with Crippen LogP contribution < -0.4 is 10.6 Å². The second-order valence-electron chi connectivity index (χ2n) is 4.97. The summed E-state index contributed by atoms with van der Waals surface area (Å²) in [6.45, 7) is 0. The Morgan fingerprint density at radius 3 is 2.09 bits per heavy atom. The van der Waals surface area contributed by atoms with E-state index in [0.29, 0.717) is 27.7 Å². The fraction of sp³-hybridized carbons (Fsp3) is 0.176. The number of hydrogen-bond acceptors (Lipinski definition) is 2. The molecule has 4 nitrogen and oxygen atoms in total. The van der Waals surface area contributed by atoms with Gasteiger partial charge in [-0.15, -0.1) is 0 Å². The lowest BCUT2D eigenvalue weighted by molar-refractivity contribution is -0.120. The summed E-state index contributed by atoms with van der Waals surface area (Å²) in [5.74, 6) is -0.269. The lowest BCUT2D eigenvalue weighted by Gasteiger charge is -2.09. The Hall–Kier alpha value is -2.04. The first-order valence-corrected chi connectivity index (χ1v) is 7.77. The minimum absolute atomic E-state index is 0.0600. The van der Waals surface area contributed by atoms with Gasteiger partial charge in [0.1, 0.15) is 0 Å². The molecule has 2 aromatic carbocycles. The van der Waals surface area contributed by atoms with E-state index in [4.69, 9.17) is 23.2 Å². The van der Waals surface area contributed by atoms with Crippen LogP contribution in [0.1, 0.15) is 11.1 Å². The molecular formula is C17H16Cl2N2O2. The van der Waals surface area contributed by atoms with Crippen molar-refractivity contribution in [2.75, 3.05) is 12.4 Å². The van der Waals surface area contributed by atoms with Gasteiger partial charge in [-0.05, 0) is 35.4 Å². The lowest BCUT2D eigenvalue weighted by atomic mass is 10.1. The minimum Gasteiger partial charge on any atom is -0.359 e.